The summed E-state index contributed by atoms with van der Waals surface area (Å²) in [6.45, 7) is 0. The number of hydrogen-bond donors (Lipinski definition) is 1. The maximum Gasteiger partial charge on any atom is 0.196 e. The van der Waals surface area contributed by atoms with Crippen LogP contribution in [0.4, 0.5) is 5.69 Å². The molecule has 2 N–H and O–H groups in total. The van der Waals surface area contributed by atoms with E-state index in [0.29, 0.717) is 27.9 Å². The molecule has 92 valence electrons. The molecule has 0 unspecified atom stereocenters. The Labute approximate surface area is 114 Å². The summed E-state index contributed by atoms with van der Waals surface area (Å²) < 4.78 is 0. The number of carbonyl (C=O) groups excluding carboxylic acids is 2. The van der Waals surface area contributed by atoms with E-state index in [0.717, 1.165) is 0 Å². The standard InChI is InChI=1S/C14H9NO2.Ni/c15-11-7-3-6-10-12(11)14(17)9-5-2-1-4-8(9)13(10)16;/h1-7H,15H2;. The molecule has 0 fully saturated rings. The zero-order chi connectivity index (χ0) is 12.0. The van der Waals surface area contributed by atoms with Crippen molar-refractivity contribution in [1.29, 1.82) is 0 Å². The summed E-state index contributed by atoms with van der Waals surface area (Å²) in [6.07, 6.45) is 0. The molecule has 3 rings (SSSR count). The van der Waals surface area contributed by atoms with Gasteiger partial charge in [0.2, 0.25) is 0 Å². The maximum absolute atomic E-state index is 12.2. The zero-order valence-corrected chi connectivity index (χ0v) is 10.2. The van der Waals surface area contributed by atoms with Crippen molar-refractivity contribution < 1.29 is 26.1 Å². The predicted octanol–water partition coefficient (Wildman–Crippen LogP) is 2.04. The number of nitrogen functional groups attached to an aromatic ring is 1. The molecule has 0 saturated carbocycles. The second kappa shape index (κ2) is 4.39. The van der Waals surface area contributed by atoms with Gasteiger partial charge in [0.1, 0.15) is 0 Å². The minimum atomic E-state index is -0.173. The van der Waals surface area contributed by atoms with Gasteiger partial charge in [0, 0.05) is 38.9 Å². The molecular formula is C14H9NNiO2. The molecule has 4 heteroatoms. The summed E-state index contributed by atoms with van der Waals surface area (Å²) in [5, 5.41) is 0. The summed E-state index contributed by atoms with van der Waals surface area (Å²) in [4.78, 5) is 24.4. The van der Waals surface area contributed by atoms with E-state index in [2.05, 4.69) is 0 Å². The molecule has 0 amide bonds. The average Bonchev–Trinajstić information content (AvgIpc) is 2.36. The fourth-order valence-electron chi connectivity index (χ4n) is 2.17. The number of hydrogen-bond acceptors (Lipinski definition) is 3. The third-order valence-electron chi connectivity index (χ3n) is 2.98. The van der Waals surface area contributed by atoms with Gasteiger partial charge in [-0.15, -0.1) is 0 Å². The van der Waals surface area contributed by atoms with E-state index in [1.54, 1.807) is 42.5 Å². The molecule has 2 aromatic carbocycles. The van der Waals surface area contributed by atoms with Crippen molar-refractivity contribution in [3.63, 3.8) is 0 Å². The molecule has 2 aromatic rings. The summed E-state index contributed by atoms with van der Waals surface area (Å²) >= 11 is 0. The molecule has 0 bridgehead atoms. The van der Waals surface area contributed by atoms with Gasteiger partial charge in [0.15, 0.2) is 11.6 Å². The van der Waals surface area contributed by atoms with Crippen LogP contribution in [-0.2, 0) is 16.5 Å². The van der Waals surface area contributed by atoms with Crippen molar-refractivity contribution in [3.05, 3.63) is 64.7 Å². The Kier molecular flexibility index (Phi) is 3.06. The largest absolute Gasteiger partial charge is 0.398 e. The quantitative estimate of drug-likeness (QED) is 0.507. The van der Waals surface area contributed by atoms with Gasteiger partial charge in [-0.05, 0) is 6.07 Å². The van der Waals surface area contributed by atoms with E-state index in [1.165, 1.54) is 0 Å². The maximum atomic E-state index is 12.2. The van der Waals surface area contributed by atoms with Gasteiger partial charge in [0.25, 0.3) is 0 Å². The molecule has 0 spiro atoms. The van der Waals surface area contributed by atoms with Gasteiger partial charge >= 0.3 is 0 Å². The van der Waals surface area contributed by atoms with Crippen LogP contribution >= 0.6 is 0 Å². The van der Waals surface area contributed by atoms with Crippen molar-refractivity contribution in [2.75, 3.05) is 5.73 Å². The monoisotopic (exact) mass is 281 g/mol. The van der Waals surface area contributed by atoms with Crippen LogP contribution in [0.25, 0.3) is 0 Å². The van der Waals surface area contributed by atoms with Gasteiger partial charge in [-0.25, -0.2) is 0 Å². The van der Waals surface area contributed by atoms with Crippen molar-refractivity contribution in [1.82, 2.24) is 0 Å². The molecule has 0 aromatic heterocycles. The molecule has 0 atom stereocenters. The van der Waals surface area contributed by atoms with Gasteiger partial charge in [-0.2, -0.15) is 0 Å². The molecule has 1 aliphatic carbocycles. The molecule has 18 heavy (non-hydrogen) atoms. The minimum absolute atomic E-state index is 0. The number of benzene rings is 2. The summed E-state index contributed by atoms with van der Waals surface area (Å²) in [7, 11) is 0. The first-order valence-electron chi connectivity index (χ1n) is 5.27. The second-order valence-corrected chi connectivity index (χ2v) is 3.97. The van der Waals surface area contributed by atoms with Crippen LogP contribution in [0.5, 0.6) is 0 Å². The molecule has 0 saturated heterocycles. The number of fused-ring (bicyclic) bond motifs is 2. The van der Waals surface area contributed by atoms with Crippen molar-refractivity contribution >= 4 is 17.3 Å². The fourth-order valence-corrected chi connectivity index (χ4v) is 2.17. The first kappa shape index (κ1) is 12.5. The van der Waals surface area contributed by atoms with E-state index < -0.39 is 0 Å². The number of nitrogens with two attached hydrogens (primary N) is 1. The summed E-state index contributed by atoms with van der Waals surface area (Å²) in [5.41, 5.74) is 7.75. The Morgan fingerprint density at radius 3 is 1.94 bits per heavy atom. The first-order valence-corrected chi connectivity index (χ1v) is 5.27. The Hall–Kier alpha value is -1.93. The van der Waals surface area contributed by atoms with Crippen LogP contribution in [0.1, 0.15) is 31.8 Å². The Morgan fingerprint density at radius 2 is 1.28 bits per heavy atom. The molecule has 1 aliphatic rings. The van der Waals surface area contributed by atoms with Crippen molar-refractivity contribution in [2.24, 2.45) is 0 Å². The average molecular weight is 282 g/mol. The minimum Gasteiger partial charge on any atom is -0.398 e. The van der Waals surface area contributed by atoms with Crippen LogP contribution < -0.4 is 5.73 Å². The number of anilines is 1. The Balaban J connectivity index is 0.00000120. The zero-order valence-electron chi connectivity index (χ0n) is 9.25. The van der Waals surface area contributed by atoms with Gasteiger partial charge < -0.3 is 5.73 Å². The smallest absolute Gasteiger partial charge is 0.196 e. The first-order chi connectivity index (χ1) is 8.20. The van der Waals surface area contributed by atoms with E-state index in [4.69, 9.17) is 5.73 Å². The van der Waals surface area contributed by atoms with E-state index in [-0.39, 0.29) is 28.1 Å². The van der Waals surface area contributed by atoms with E-state index in [1.807, 2.05) is 0 Å². The number of ketones is 2. The number of carbonyl (C=O) groups is 2. The molecule has 3 nitrogen and oxygen atoms in total. The topological polar surface area (TPSA) is 60.2 Å². The molecule has 0 heterocycles. The SMILES string of the molecule is Nc1cccc2c1C(=O)c1ccccc1C2=O.[Ni]. The molecular weight excluding hydrogens is 273 g/mol. The third kappa shape index (κ3) is 1.58. The van der Waals surface area contributed by atoms with Crippen LogP contribution in [-0.4, -0.2) is 11.6 Å². The van der Waals surface area contributed by atoms with E-state index in [9.17, 15) is 9.59 Å². The fraction of sp³-hybridized carbons (Fsp3) is 0. The number of rotatable bonds is 0. The summed E-state index contributed by atoms with van der Waals surface area (Å²) in [5.74, 6) is -0.309. The van der Waals surface area contributed by atoms with Gasteiger partial charge in [0.05, 0.1) is 5.56 Å². The van der Waals surface area contributed by atoms with E-state index >= 15 is 0 Å². The molecule has 0 aliphatic heterocycles. The second-order valence-electron chi connectivity index (χ2n) is 3.97. The van der Waals surface area contributed by atoms with Gasteiger partial charge in [-0.3, -0.25) is 9.59 Å². The Bertz CT molecular complexity index is 665. The molecule has 0 radical (unpaired) electrons. The normalized spacial score (nSPS) is 12.4. The van der Waals surface area contributed by atoms with Crippen LogP contribution in [0.2, 0.25) is 0 Å². The van der Waals surface area contributed by atoms with Crippen molar-refractivity contribution in [3.8, 4) is 0 Å². The predicted molar refractivity (Wildman–Crippen MR) is 64.2 cm³/mol. The van der Waals surface area contributed by atoms with Gasteiger partial charge in [-0.1, -0.05) is 36.4 Å². The summed E-state index contributed by atoms with van der Waals surface area (Å²) in [6, 6.07) is 11.8. The third-order valence-corrected chi connectivity index (χ3v) is 2.98. The van der Waals surface area contributed by atoms with Crippen LogP contribution in [0.3, 0.4) is 0 Å². The Morgan fingerprint density at radius 1 is 0.722 bits per heavy atom. The van der Waals surface area contributed by atoms with Crippen LogP contribution in [0.15, 0.2) is 42.5 Å². The van der Waals surface area contributed by atoms with Crippen molar-refractivity contribution in [2.45, 2.75) is 0 Å². The van der Waals surface area contributed by atoms with Crippen LogP contribution in [0, 0.1) is 0 Å².